The third kappa shape index (κ3) is 5.41. The molecule has 0 fully saturated rings. The highest BCUT2D eigenvalue weighted by molar-refractivity contribution is 7.92. The summed E-state index contributed by atoms with van der Waals surface area (Å²) in [6.45, 7) is 3.65. The number of aryl methyl sites for hydroxylation is 2. The predicted molar refractivity (Wildman–Crippen MR) is 135 cm³/mol. The molecule has 9 nitrogen and oxygen atoms in total. The third-order valence-electron chi connectivity index (χ3n) is 5.62. The van der Waals surface area contributed by atoms with Gasteiger partial charge in [0.05, 0.1) is 23.4 Å². The van der Waals surface area contributed by atoms with Gasteiger partial charge >= 0.3 is 0 Å². The Labute approximate surface area is 204 Å². The van der Waals surface area contributed by atoms with E-state index in [1.54, 1.807) is 36.4 Å². The molecule has 1 aliphatic rings. The van der Waals surface area contributed by atoms with E-state index < -0.39 is 32.1 Å². The minimum Gasteiger partial charge on any atom is -0.476 e. The van der Waals surface area contributed by atoms with Gasteiger partial charge in [-0.15, -0.1) is 0 Å². The maximum absolute atomic E-state index is 12.8. The van der Waals surface area contributed by atoms with E-state index in [0.717, 1.165) is 21.7 Å². The molecule has 184 valence electrons. The number of hydrogen-bond acceptors (Lipinski definition) is 6. The van der Waals surface area contributed by atoms with Crippen LogP contribution >= 0.6 is 0 Å². The molecule has 35 heavy (non-hydrogen) atoms. The van der Waals surface area contributed by atoms with Crippen molar-refractivity contribution in [1.29, 1.82) is 0 Å². The van der Waals surface area contributed by atoms with Crippen LogP contribution in [0.4, 0.5) is 17.1 Å². The number of fused-ring (bicyclic) bond motifs is 1. The molecule has 0 radical (unpaired) electrons. The van der Waals surface area contributed by atoms with E-state index in [-0.39, 0.29) is 17.2 Å². The number of para-hydroxylation sites is 2. The lowest BCUT2D eigenvalue weighted by atomic mass is 10.1. The van der Waals surface area contributed by atoms with Crippen LogP contribution in [0.2, 0.25) is 0 Å². The summed E-state index contributed by atoms with van der Waals surface area (Å²) in [5, 5.41) is 2.66. The maximum atomic E-state index is 12.8. The highest BCUT2D eigenvalue weighted by atomic mass is 32.2. The fourth-order valence-corrected chi connectivity index (χ4v) is 5.58. The molecule has 3 aromatic carbocycles. The van der Waals surface area contributed by atoms with Gasteiger partial charge in [0.1, 0.15) is 5.75 Å². The molecule has 0 spiro atoms. The second-order valence-electron chi connectivity index (χ2n) is 8.29. The highest BCUT2D eigenvalue weighted by Gasteiger charge is 2.34. The van der Waals surface area contributed by atoms with Crippen molar-refractivity contribution < 1.29 is 26.4 Å². The van der Waals surface area contributed by atoms with Crippen molar-refractivity contribution in [3.05, 3.63) is 77.9 Å². The lowest BCUT2D eigenvalue weighted by molar-refractivity contribution is -0.122. The van der Waals surface area contributed by atoms with Crippen molar-refractivity contribution in [2.45, 2.75) is 24.8 Å². The van der Waals surface area contributed by atoms with Crippen molar-refractivity contribution in [2.24, 2.45) is 0 Å². The van der Waals surface area contributed by atoms with Crippen LogP contribution < -0.4 is 19.1 Å². The van der Waals surface area contributed by atoms with Gasteiger partial charge in [0.15, 0.2) is 6.10 Å². The number of carbonyl (C=O) groups excluding carboxylic acids is 1. The van der Waals surface area contributed by atoms with Crippen LogP contribution in [-0.2, 0) is 24.8 Å². The first-order valence-electron chi connectivity index (χ1n) is 10.7. The van der Waals surface area contributed by atoms with Gasteiger partial charge < -0.3 is 10.1 Å². The first-order chi connectivity index (χ1) is 16.4. The van der Waals surface area contributed by atoms with Crippen LogP contribution in [0.1, 0.15) is 11.1 Å². The quantitative estimate of drug-likeness (QED) is 0.520. The van der Waals surface area contributed by atoms with Crippen molar-refractivity contribution >= 4 is 43.0 Å². The van der Waals surface area contributed by atoms with E-state index in [9.17, 15) is 21.6 Å². The zero-order valence-corrected chi connectivity index (χ0v) is 21.0. The Morgan fingerprint density at radius 3 is 2.23 bits per heavy atom. The molecule has 0 aliphatic carbocycles. The number of hydrogen-bond donors (Lipinski definition) is 2. The largest absolute Gasteiger partial charge is 0.476 e. The van der Waals surface area contributed by atoms with Gasteiger partial charge in [-0.3, -0.25) is 13.8 Å². The zero-order valence-electron chi connectivity index (χ0n) is 19.3. The lowest BCUT2D eigenvalue weighted by Gasteiger charge is -2.33. The topological polar surface area (TPSA) is 122 Å². The summed E-state index contributed by atoms with van der Waals surface area (Å²) >= 11 is 0. The standard InChI is InChI=1S/C24H25N3O6S2/c1-16-8-9-19(14-17(16)2)26-35(31,32)20-12-10-18(11-13-20)25-24(28)23-15-27(34(3,29)30)21-6-4-5-7-22(21)33-23/h4-14,23,26H,15H2,1-3H3,(H,25,28)/t23-/m1/s1. The number of benzene rings is 3. The number of anilines is 3. The summed E-state index contributed by atoms with van der Waals surface area (Å²) in [5.41, 5.74) is 3.18. The van der Waals surface area contributed by atoms with E-state index in [4.69, 9.17) is 4.74 Å². The number of amides is 1. The van der Waals surface area contributed by atoms with Gasteiger partial charge in [0.25, 0.3) is 15.9 Å². The summed E-state index contributed by atoms with van der Waals surface area (Å²) < 4.78 is 59.4. The zero-order chi connectivity index (χ0) is 25.4. The first-order valence-corrected chi connectivity index (χ1v) is 14.0. The SMILES string of the molecule is Cc1ccc(NS(=O)(=O)c2ccc(NC(=O)[C@H]3CN(S(C)(=O)=O)c4ccccc4O3)cc2)cc1C. The van der Waals surface area contributed by atoms with E-state index in [1.807, 2.05) is 19.9 Å². The van der Waals surface area contributed by atoms with Gasteiger partial charge in [-0.1, -0.05) is 18.2 Å². The number of nitrogens with zero attached hydrogens (tertiary/aromatic N) is 1. The van der Waals surface area contributed by atoms with Gasteiger partial charge in [-0.2, -0.15) is 0 Å². The Balaban J connectivity index is 1.47. The number of carbonyl (C=O) groups is 1. The Kier molecular flexibility index (Phi) is 6.48. The van der Waals surface area contributed by atoms with Crippen molar-refractivity contribution in [1.82, 2.24) is 0 Å². The average Bonchev–Trinajstić information content (AvgIpc) is 2.80. The fraction of sp³-hybridized carbons (Fsp3) is 0.208. The van der Waals surface area contributed by atoms with Gasteiger partial charge in [0, 0.05) is 11.4 Å². The molecule has 0 unspecified atom stereocenters. The summed E-state index contributed by atoms with van der Waals surface area (Å²) in [5.74, 6) is -0.278. The molecular formula is C24H25N3O6S2. The molecule has 1 aliphatic heterocycles. The van der Waals surface area contributed by atoms with Crippen LogP contribution in [0.3, 0.4) is 0 Å². The molecule has 1 atom stereocenters. The number of sulfonamides is 2. The van der Waals surface area contributed by atoms with Crippen molar-refractivity contribution in [2.75, 3.05) is 27.1 Å². The summed E-state index contributed by atoms with van der Waals surface area (Å²) in [4.78, 5) is 12.9. The summed E-state index contributed by atoms with van der Waals surface area (Å²) in [6, 6.07) is 17.5. The number of rotatable bonds is 6. The molecule has 1 amide bonds. The molecule has 11 heteroatoms. The van der Waals surface area contributed by atoms with Crippen LogP contribution in [-0.4, -0.2) is 41.6 Å². The predicted octanol–water partition coefficient (Wildman–Crippen LogP) is 3.27. The minimum atomic E-state index is -3.83. The maximum Gasteiger partial charge on any atom is 0.267 e. The molecular weight excluding hydrogens is 490 g/mol. The Hall–Kier alpha value is -3.57. The van der Waals surface area contributed by atoms with Gasteiger partial charge in [-0.25, -0.2) is 16.8 Å². The Bertz CT molecular complexity index is 1490. The lowest BCUT2D eigenvalue weighted by Crippen LogP contribution is -2.48. The van der Waals surface area contributed by atoms with Crippen LogP contribution in [0.5, 0.6) is 5.75 Å². The smallest absolute Gasteiger partial charge is 0.267 e. The second kappa shape index (κ2) is 9.23. The Morgan fingerprint density at radius 1 is 0.914 bits per heavy atom. The average molecular weight is 516 g/mol. The van der Waals surface area contributed by atoms with Crippen LogP contribution in [0, 0.1) is 13.8 Å². The molecule has 0 bridgehead atoms. The normalized spacial score (nSPS) is 15.6. The monoisotopic (exact) mass is 515 g/mol. The molecule has 2 N–H and O–H groups in total. The van der Waals surface area contributed by atoms with Crippen LogP contribution in [0.25, 0.3) is 0 Å². The number of ether oxygens (including phenoxy) is 1. The van der Waals surface area contributed by atoms with Crippen molar-refractivity contribution in [3.63, 3.8) is 0 Å². The van der Waals surface area contributed by atoms with E-state index in [0.29, 0.717) is 17.1 Å². The van der Waals surface area contributed by atoms with Crippen molar-refractivity contribution in [3.8, 4) is 5.75 Å². The van der Waals surface area contributed by atoms with Crippen LogP contribution in [0.15, 0.2) is 71.6 Å². The minimum absolute atomic E-state index is 0.0276. The van der Waals surface area contributed by atoms with Gasteiger partial charge in [0.2, 0.25) is 10.0 Å². The summed E-state index contributed by atoms with van der Waals surface area (Å²) in [6.07, 6.45) is -0.0238. The molecule has 3 aromatic rings. The highest BCUT2D eigenvalue weighted by Crippen LogP contribution is 2.34. The van der Waals surface area contributed by atoms with E-state index in [1.165, 1.54) is 24.3 Å². The first kappa shape index (κ1) is 24.6. The third-order valence-corrected chi connectivity index (χ3v) is 8.16. The van der Waals surface area contributed by atoms with E-state index >= 15 is 0 Å². The molecule has 0 aromatic heterocycles. The fourth-order valence-electron chi connectivity index (χ4n) is 3.61. The van der Waals surface area contributed by atoms with Gasteiger partial charge in [-0.05, 0) is 73.5 Å². The van der Waals surface area contributed by atoms with E-state index in [2.05, 4.69) is 10.0 Å². The summed E-state index contributed by atoms with van der Waals surface area (Å²) in [7, 11) is -7.46. The molecule has 0 saturated heterocycles. The molecule has 0 saturated carbocycles. The Morgan fingerprint density at radius 2 is 1.57 bits per heavy atom. The molecule has 1 heterocycles. The second-order valence-corrected chi connectivity index (χ2v) is 11.9. The molecule has 4 rings (SSSR count). The number of nitrogens with one attached hydrogen (secondary N) is 2.